The Hall–Kier alpha value is -1.66. The van der Waals surface area contributed by atoms with Crippen molar-refractivity contribution in [3.05, 3.63) is 24.3 Å². The first-order valence-corrected chi connectivity index (χ1v) is 4.51. The van der Waals surface area contributed by atoms with Crippen LogP contribution in [0.25, 0.3) is 5.65 Å². The van der Waals surface area contributed by atoms with Gasteiger partial charge < -0.3 is 15.6 Å². The molecule has 2 aromatic rings. The Balaban J connectivity index is 2.55. The number of ether oxygens (including phenoxy) is 1. The van der Waals surface area contributed by atoms with Gasteiger partial charge in [0.2, 0.25) is 5.88 Å². The van der Waals surface area contributed by atoms with Crippen LogP contribution in [0, 0.1) is 0 Å². The van der Waals surface area contributed by atoms with Gasteiger partial charge in [0.15, 0.2) is 5.65 Å². The van der Waals surface area contributed by atoms with Gasteiger partial charge >= 0.3 is 0 Å². The first kappa shape index (κ1) is 9.88. The molecule has 0 fully saturated rings. The van der Waals surface area contributed by atoms with Gasteiger partial charge in [0.1, 0.15) is 6.10 Å². The van der Waals surface area contributed by atoms with E-state index in [2.05, 4.69) is 9.97 Å². The number of aliphatic hydroxyl groups excluding tert-OH is 1. The highest BCUT2D eigenvalue weighted by atomic mass is 16.5. The van der Waals surface area contributed by atoms with E-state index in [-0.39, 0.29) is 6.54 Å². The normalized spacial score (nSPS) is 13.0. The van der Waals surface area contributed by atoms with E-state index >= 15 is 0 Å². The summed E-state index contributed by atoms with van der Waals surface area (Å²) in [6.07, 6.45) is 4.10. The molecule has 3 N–H and O–H groups in total. The maximum Gasteiger partial charge on any atom is 0.218 e. The average molecular weight is 208 g/mol. The molecule has 2 aromatic heterocycles. The lowest BCUT2D eigenvalue weighted by molar-refractivity contribution is 0.182. The number of rotatable bonds is 3. The highest BCUT2D eigenvalue weighted by Crippen LogP contribution is 2.16. The Morgan fingerprint density at radius 2 is 2.40 bits per heavy atom. The second-order valence-electron chi connectivity index (χ2n) is 3.10. The van der Waals surface area contributed by atoms with Crippen molar-refractivity contribution >= 4 is 5.65 Å². The Morgan fingerprint density at radius 1 is 1.60 bits per heavy atom. The van der Waals surface area contributed by atoms with Gasteiger partial charge in [-0.2, -0.15) is 0 Å². The van der Waals surface area contributed by atoms with Crippen molar-refractivity contribution in [3.8, 4) is 5.88 Å². The van der Waals surface area contributed by atoms with Crippen LogP contribution in [0.1, 0.15) is 11.8 Å². The molecule has 15 heavy (non-hydrogen) atoms. The molecule has 6 nitrogen and oxygen atoms in total. The molecule has 0 saturated carbocycles. The fourth-order valence-electron chi connectivity index (χ4n) is 1.34. The number of nitrogens with zero attached hydrogens (tertiary/aromatic N) is 3. The molecule has 0 spiro atoms. The molecule has 0 aliphatic heterocycles. The zero-order valence-corrected chi connectivity index (χ0v) is 8.29. The van der Waals surface area contributed by atoms with E-state index in [1.54, 1.807) is 30.1 Å². The Labute approximate surface area is 86.3 Å². The highest BCUT2D eigenvalue weighted by Gasteiger charge is 2.11. The third kappa shape index (κ3) is 1.64. The summed E-state index contributed by atoms with van der Waals surface area (Å²) in [5.74, 6) is 0.565. The van der Waals surface area contributed by atoms with Crippen molar-refractivity contribution < 1.29 is 9.84 Å². The molecular weight excluding hydrogens is 196 g/mol. The Bertz CT molecular complexity index is 468. The van der Waals surface area contributed by atoms with E-state index in [1.165, 1.54) is 0 Å². The molecular formula is C9H12N4O2. The van der Waals surface area contributed by atoms with Gasteiger partial charge in [0, 0.05) is 12.7 Å². The van der Waals surface area contributed by atoms with Gasteiger partial charge in [-0.25, -0.2) is 4.98 Å². The Morgan fingerprint density at radius 3 is 3.07 bits per heavy atom. The quantitative estimate of drug-likeness (QED) is 0.725. The molecule has 0 aliphatic carbocycles. The zero-order chi connectivity index (χ0) is 10.8. The Kier molecular flexibility index (Phi) is 2.53. The number of imidazole rings is 1. The molecule has 6 heteroatoms. The summed E-state index contributed by atoms with van der Waals surface area (Å²) >= 11 is 0. The van der Waals surface area contributed by atoms with Gasteiger partial charge in [-0.15, -0.1) is 0 Å². The SMILES string of the molecule is COc1cncc2nc(C(O)CN)cn12. The maximum atomic E-state index is 9.53. The van der Waals surface area contributed by atoms with E-state index < -0.39 is 6.10 Å². The largest absolute Gasteiger partial charge is 0.481 e. The van der Waals surface area contributed by atoms with Crippen molar-refractivity contribution in [1.82, 2.24) is 14.4 Å². The summed E-state index contributed by atoms with van der Waals surface area (Å²) in [4.78, 5) is 8.14. The fourth-order valence-corrected chi connectivity index (χ4v) is 1.34. The molecule has 0 bridgehead atoms. The first-order valence-electron chi connectivity index (χ1n) is 4.51. The molecule has 0 aromatic carbocycles. The minimum atomic E-state index is -0.755. The van der Waals surface area contributed by atoms with Crippen molar-refractivity contribution in [2.24, 2.45) is 5.73 Å². The van der Waals surface area contributed by atoms with Crippen LogP contribution in [0.5, 0.6) is 5.88 Å². The van der Waals surface area contributed by atoms with Crippen LogP contribution >= 0.6 is 0 Å². The van der Waals surface area contributed by atoms with Crippen LogP contribution < -0.4 is 10.5 Å². The fraction of sp³-hybridized carbons (Fsp3) is 0.333. The molecule has 1 atom stereocenters. The lowest BCUT2D eigenvalue weighted by Gasteiger charge is -2.01. The van der Waals surface area contributed by atoms with Crippen LogP contribution in [0.2, 0.25) is 0 Å². The standard InChI is InChI=1S/C9H12N4O2/c1-15-9-4-11-3-8-12-6(5-13(8)9)7(14)2-10/h3-5,7,14H,2,10H2,1H3. The molecule has 80 valence electrons. The number of nitrogens with two attached hydrogens (primary N) is 1. The van der Waals surface area contributed by atoms with E-state index in [4.69, 9.17) is 10.5 Å². The predicted molar refractivity (Wildman–Crippen MR) is 53.6 cm³/mol. The summed E-state index contributed by atoms with van der Waals surface area (Å²) in [6, 6.07) is 0. The van der Waals surface area contributed by atoms with Crippen molar-refractivity contribution in [2.75, 3.05) is 13.7 Å². The van der Waals surface area contributed by atoms with Gasteiger partial charge in [-0.1, -0.05) is 0 Å². The summed E-state index contributed by atoms with van der Waals surface area (Å²) < 4.78 is 6.81. The van der Waals surface area contributed by atoms with E-state index in [9.17, 15) is 5.11 Å². The van der Waals surface area contributed by atoms with E-state index in [0.717, 1.165) is 0 Å². The van der Waals surface area contributed by atoms with Crippen molar-refractivity contribution in [2.45, 2.75) is 6.10 Å². The van der Waals surface area contributed by atoms with Gasteiger partial charge in [-0.05, 0) is 0 Å². The maximum absolute atomic E-state index is 9.53. The van der Waals surface area contributed by atoms with Crippen molar-refractivity contribution in [1.29, 1.82) is 0 Å². The van der Waals surface area contributed by atoms with Gasteiger partial charge in [0.05, 0.1) is 25.2 Å². The molecule has 0 aliphatic rings. The van der Waals surface area contributed by atoms with Crippen LogP contribution in [0.3, 0.4) is 0 Å². The zero-order valence-electron chi connectivity index (χ0n) is 8.29. The minimum Gasteiger partial charge on any atom is -0.481 e. The molecule has 0 amide bonds. The molecule has 2 rings (SSSR count). The monoisotopic (exact) mass is 208 g/mol. The predicted octanol–water partition coefficient (Wildman–Crippen LogP) is -0.270. The molecule has 0 radical (unpaired) electrons. The molecule has 0 saturated heterocycles. The number of hydrogen-bond acceptors (Lipinski definition) is 5. The summed E-state index contributed by atoms with van der Waals surface area (Å²) in [6.45, 7) is 0.139. The molecule has 2 heterocycles. The third-order valence-electron chi connectivity index (χ3n) is 2.14. The topological polar surface area (TPSA) is 85.7 Å². The lowest BCUT2D eigenvalue weighted by Crippen LogP contribution is -2.11. The van der Waals surface area contributed by atoms with E-state index in [0.29, 0.717) is 17.2 Å². The van der Waals surface area contributed by atoms with Crippen LogP contribution in [-0.4, -0.2) is 33.1 Å². The first-order chi connectivity index (χ1) is 7.26. The van der Waals surface area contributed by atoms with Crippen LogP contribution in [0.15, 0.2) is 18.6 Å². The average Bonchev–Trinajstić information content (AvgIpc) is 2.71. The highest BCUT2D eigenvalue weighted by molar-refractivity contribution is 5.40. The van der Waals surface area contributed by atoms with Gasteiger partial charge in [-0.3, -0.25) is 9.38 Å². The smallest absolute Gasteiger partial charge is 0.218 e. The van der Waals surface area contributed by atoms with Crippen molar-refractivity contribution in [3.63, 3.8) is 0 Å². The second kappa shape index (κ2) is 3.84. The summed E-state index contributed by atoms with van der Waals surface area (Å²) in [5, 5.41) is 9.53. The second-order valence-corrected chi connectivity index (χ2v) is 3.10. The van der Waals surface area contributed by atoms with Crippen LogP contribution in [0.4, 0.5) is 0 Å². The number of methoxy groups -OCH3 is 1. The summed E-state index contributed by atoms with van der Waals surface area (Å²) in [7, 11) is 1.55. The summed E-state index contributed by atoms with van der Waals surface area (Å²) in [5.41, 5.74) is 6.49. The number of aromatic nitrogens is 3. The lowest BCUT2D eigenvalue weighted by atomic mass is 10.3. The number of aliphatic hydroxyl groups is 1. The number of fused-ring (bicyclic) bond motifs is 1. The minimum absolute atomic E-state index is 0.139. The third-order valence-corrected chi connectivity index (χ3v) is 2.14. The molecule has 1 unspecified atom stereocenters. The number of hydrogen-bond donors (Lipinski definition) is 2. The van der Waals surface area contributed by atoms with Gasteiger partial charge in [0.25, 0.3) is 0 Å². The van der Waals surface area contributed by atoms with Crippen LogP contribution in [-0.2, 0) is 0 Å². The van der Waals surface area contributed by atoms with E-state index in [1.807, 2.05) is 0 Å².